The molecule has 5 atom stereocenters. The van der Waals surface area contributed by atoms with Crippen LogP contribution in [-0.2, 0) is 10.9 Å². The molecule has 1 aliphatic rings. The molecule has 10 nitrogen and oxygen atoms in total. The van der Waals surface area contributed by atoms with Gasteiger partial charge in [0.05, 0.1) is 17.3 Å². The van der Waals surface area contributed by atoms with Crippen LogP contribution in [0.4, 0.5) is 13.2 Å². The average Bonchev–Trinajstić information content (AvgIpc) is 3.37. The van der Waals surface area contributed by atoms with E-state index in [9.17, 15) is 28.5 Å². The highest BCUT2D eigenvalue weighted by Gasteiger charge is 2.48. The van der Waals surface area contributed by atoms with Gasteiger partial charge in [-0.25, -0.2) is 14.6 Å². The predicted molar refractivity (Wildman–Crippen MR) is 102 cm³/mol. The van der Waals surface area contributed by atoms with Gasteiger partial charge in [0.25, 0.3) is 0 Å². The van der Waals surface area contributed by atoms with Crippen LogP contribution in [0.3, 0.4) is 0 Å². The van der Waals surface area contributed by atoms with Crippen LogP contribution in [-0.4, -0.2) is 69.8 Å². The van der Waals surface area contributed by atoms with Crippen molar-refractivity contribution in [2.24, 2.45) is 0 Å². The summed E-state index contributed by atoms with van der Waals surface area (Å²) >= 11 is 5.90. The molecule has 0 aliphatic carbocycles. The van der Waals surface area contributed by atoms with Gasteiger partial charge in [-0.05, 0) is 19.1 Å². The number of hydrogen-bond acceptors (Lipinski definition) is 8. The lowest BCUT2D eigenvalue weighted by Gasteiger charge is -2.41. The number of halogens is 4. The van der Waals surface area contributed by atoms with Crippen molar-refractivity contribution in [1.29, 1.82) is 0 Å². The number of ether oxygens (including phenoxy) is 1. The third-order valence-corrected chi connectivity index (χ3v) is 5.25. The standard InChI is InChI=1S/C18H18ClF3N6O4/c1-8-25-17(28(26-8)10-5-9(19)6-23-16(10)18(20,21)22)15-14(31)12(27-4-2-3-24-27)13(30)11(7-29)32-15/h2-6,11-15,29-31H,7H2,1H3/t11-,12+,13+,14-,15-/m1/s1. The molecule has 1 fully saturated rings. The molecule has 3 aromatic rings. The summed E-state index contributed by atoms with van der Waals surface area (Å²) in [6.45, 7) is 0.825. The Kier molecular flexibility index (Phi) is 5.94. The van der Waals surface area contributed by atoms with Crippen LogP contribution < -0.4 is 0 Å². The zero-order valence-electron chi connectivity index (χ0n) is 16.4. The summed E-state index contributed by atoms with van der Waals surface area (Å²) < 4.78 is 48.6. The van der Waals surface area contributed by atoms with Gasteiger partial charge in [0.15, 0.2) is 11.5 Å². The van der Waals surface area contributed by atoms with E-state index in [0.717, 1.165) is 16.9 Å². The Labute approximate surface area is 183 Å². The summed E-state index contributed by atoms with van der Waals surface area (Å²) in [7, 11) is 0. The lowest BCUT2D eigenvalue weighted by molar-refractivity contribution is -0.210. The van der Waals surface area contributed by atoms with E-state index < -0.39 is 54.6 Å². The van der Waals surface area contributed by atoms with Gasteiger partial charge in [-0.3, -0.25) is 4.68 Å². The summed E-state index contributed by atoms with van der Waals surface area (Å²) in [6.07, 6.45) is -6.46. The maximum absolute atomic E-state index is 13.6. The summed E-state index contributed by atoms with van der Waals surface area (Å²) in [5, 5.41) is 39.3. The van der Waals surface area contributed by atoms with Crippen molar-refractivity contribution in [3.05, 3.63) is 53.1 Å². The molecule has 0 bridgehead atoms. The second-order valence-corrected chi connectivity index (χ2v) is 7.62. The molecule has 0 amide bonds. The van der Waals surface area contributed by atoms with Crippen molar-refractivity contribution < 1.29 is 33.2 Å². The third-order valence-electron chi connectivity index (χ3n) is 5.05. The second kappa shape index (κ2) is 8.41. The van der Waals surface area contributed by atoms with E-state index in [0.29, 0.717) is 0 Å². The van der Waals surface area contributed by atoms with Crippen molar-refractivity contribution in [2.45, 2.75) is 43.6 Å². The molecule has 0 saturated carbocycles. The fourth-order valence-electron chi connectivity index (χ4n) is 3.69. The molecule has 0 spiro atoms. The SMILES string of the molecule is Cc1nc([C@@H]2O[C@H](CO)[C@H](O)[C@H](n3cccn3)[C@H]2O)n(-c2cc(Cl)cnc2C(F)(F)F)n1. The molecule has 0 aromatic carbocycles. The predicted octanol–water partition coefficient (Wildman–Crippen LogP) is 1.23. The molecule has 14 heteroatoms. The van der Waals surface area contributed by atoms with E-state index >= 15 is 0 Å². The highest BCUT2D eigenvalue weighted by molar-refractivity contribution is 6.30. The fraction of sp³-hybridized carbons (Fsp3) is 0.444. The minimum absolute atomic E-state index is 0.0738. The number of aromatic nitrogens is 6. The Morgan fingerprint density at radius 3 is 2.62 bits per heavy atom. The maximum atomic E-state index is 13.6. The first-order valence-electron chi connectivity index (χ1n) is 9.40. The number of alkyl halides is 3. The molecule has 3 aromatic heterocycles. The van der Waals surface area contributed by atoms with Crippen molar-refractivity contribution >= 4 is 11.6 Å². The van der Waals surface area contributed by atoms with Gasteiger partial charge in [-0.2, -0.15) is 23.4 Å². The number of aryl methyl sites for hydroxylation is 1. The highest BCUT2D eigenvalue weighted by Crippen LogP contribution is 2.39. The monoisotopic (exact) mass is 474 g/mol. The van der Waals surface area contributed by atoms with Crippen LogP contribution in [0.1, 0.15) is 29.5 Å². The number of aliphatic hydroxyl groups is 3. The van der Waals surface area contributed by atoms with E-state index in [1.165, 1.54) is 24.0 Å². The van der Waals surface area contributed by atoms with Crippen molar-refractivity contribution in [1.82, 2.24) is 29.5 Å². The Balaban J connectivity index is 1.85. The van der Waals surface area contributed by atoms with E-state index in [-0.39, 0.29) is 16.7 Å². The largest absolute Gasteiger partial charge is 0.435 e. The normalized spacial score (nSPS) is 26.4. The Morgan fingerprint density at radius 2 is 2.00 bits per heavy atom. The molecule has 172 valence electrons. The smallest absolute Gasteiger partial charge is 0.394 e. The summed E-state index contributed by atoms with van der Waals surface area (Å²) in [4.78, 5) is 7.56. The number of rotatable bonds is 4. The topological polar surface area (TPSA) is 131 Å². The van der Waals surface area contributed by atoms with Gasteiger partial charge in [-0.15, -0.1) is 0 Å². The van der Waals surface area contributed by atoms with E-state index in [4.69, 9.17) is 16.3 Å². The Morgan fingerprint density at radius 1 is 1.25 bits per heavy atom. The first-order chi connectivity index (χ1) is 15.1. The molecular weight excluding hydrogens is 457 g/mol. The van der Waals surface area contributed by atoms with Crippen LogP contribution in [0.5, 0.6) is 0 Å². The Hall–Kier alpha value is -2.58. The van der Waals surface area contributed by atoms with Crippen molar-refractivity contribution in [2.75, 3.05) is 6.61 Å². The number of nitrogens with zero attached hydrogens (tertiary/aromatic N) is 6. The number of hydrogen-bond donors (Lipinski definition) is 3. The lowest BCUT2D eigenvalue weighted by atomic mass is 9.92. The van der Waals surface area contributed by atoms with Crippen molar-refractivity contribution in [3.8, 4) is 5.69 Å². The zero-order chi connectivity index (χ0) is 23.2. The minimum atomic E-state index is -4.83. The average molecular weight is 475 g/mol. The van der Waals surface area contributed by atoms with Gasteiger partial charge in [0.2, 0.25) is 0 Å². The fourth-order valence-corrected chi connectivity index (χ4v) is 3.84. The van der Waals surface area contributed by atoms with Crippen LogP contribution in [0.15, 0.2) is 30.7 Å². The van der Waals surface area contributed by atoms with Gasteiger partial charge in [-0.1, -0.05) is 11.6 Å². The summed E-state index contributed by atoms with van der Waals surface area (Å²) in [5.41, 5.74) is -1.78. The minimum Gasteiger partial charge on any atom is -0.394 e. The molecule has 0 radical (unpaired) electrons. The van der Waals surface area contributed by atoms with E-state index in [1.807, 2.05) is 0 Å². The zero-order valence-corrected chi connectivity index (χ0v) is 17.2. The number of aliphatic hydroxyl groups excluding tert-OH is 3. The van der Waals surface area contributed by atoms with Crippen LogP contribution >= 0.6 is 11.6 Å². The molecule has 1 saturated heterocycles. The molecule has 3 N–H and O–H groups in total. The first kappa shape index (κ1) is 22.6. The Bertz CT molecular complexity index is 1090. The van der Waals surface area contributed by atoms with Gasteiger partial charge in [0, 0.05) is 18.6 Å². The maximum Gasteiger partial charge on any atom is 0.435 e. The molecule has 0 unspecified atom stereocenters. The highest BCUT2D eigenvalue weighted by atomic mass is 35.5. The molecule has 1 aliphatic heterocycles. The van der Waals surface area contributed by atoms with Crippen molar-refractivity contribution in [3.63, 3.8) is 0 Å². The second-order valence-electron chi connectivity index (χ2n) is 7.18. The molecule has 32 heavy (non-hydrogen) atoms. The first-order valence-corrected chi connectivity index (χ1v) is 9.78. The third kappa shape index (κ3) is 3.97. The molecule has 4 heterocycles. The van der Waals surface area contributed by atoms with Gasteiger partial charge < -0.3 is 20.1 Å². The van der Waals surface area contributed by atoms with Gasteiger partial charge in [0.1, 0.15) is 36.3 Å². The van der Waals surface area contributed by atoms with Gasteiger partial charge >= 0.3 is 6.18 Å². The summed E-state index contributed by atoms with van der Waals surface area (Å²) in [5.74, 6) is -0.0988. The quantitative estimate of drug-likeness (QED) is 0.514. The van der Waals surface area contributed by atoms with Crippen LogP contribution in [0.2, 0.25) is 5.02 Å². The van der Waals surface area contributed by atoms with E-state index in [2.05, 4.69) is 20.2 Å². The summed E-state index contributed by atoms with van der Waals surface area (Å²) in [6, 6.07) is 1.51. The van der Waals surface area contributed by atoms with Crippen LogP contribution in [0.25, 0.3) is 5.69 Å². The van der Waals surface area contributed by atoms with Crippen LogP contribution in [0, 0.1) is 6.92 Å². The molecule has 4 rings (SSSR count). The lowest BCUT2D eigenvalue weighted by Crippen LogP contribution is -2.53. The number of pyridine rings is 1. The van der Waals surface area contributed by atoms with E-state index in [1.54, 1.807) is 6.07 Å². The molecular formula is C18H18ClF3N6O4.